The van der Waals surface area contributed by atoms with Gasteiger partial charge in [-0.25, -0.2) is 4.39 Å². The van der Waals surface area contributed by atoms with Gasteiger partial charge in [0.1, 0.15) is 16.4 Å². The highest BCUT2D eigenvalue weighted by Gasteiger charge is 2.20. The molecule has 7 heteroatoms. The van der Waals surface area contributed by atoms with Gasteiger partial charge in [-0.3, -0.25) is 4.79 Å². The van der Waals surface area contributed by atoms with Crippen LogP contribution < -0.4 is 15.4 Å². The fraction of sp³-hybridized carbons (Fsp3) is 0.353. The van der Waals surface area contributed by atoms with E-state index in [1.807, 2.05) is 6.07 Å². The molecule has 5 nitrogen and oxygen atoms in total. The molecule has 3 rings (SSSR count). The highest BCUT2D eigenvalue weighted by Crippen LogP contribution is 2.36. The number of carbonyl (C=O) groups is 1. The SMILES string of the molecule is NC(=O)c1sc(N2CCOCC2)cc1OCCc1ccccc1F. The maximum Gasteiger partial charge on any atom is 0.262 e. The van der Waals surface area contributed by atoms with Crippen molar-refractivity contribution in [2.45, 2.75) is 6.42 Å². The Hall–Kier alpha value is -2.12. The Balaban J connectivity index is 1.68. The van der Waals surface area contributed by atoms with Crippen LogP contribution in [0.15, 0.2) is 30.3 Å². The molecule has 1 fully saturated rings. The molecule has 0 unspecified atom stereocenters. The highest BCUT2D eigenvalue weighted by molar-refractivity contribution is 7.18. The van der Waals surface area contributed by atoms with Gasteiger partial charge >= 0.3 is 0 Å². The standard InChI is InChI=1S/C17H19FN2O3S/c18-13-4-2-1-3-12(13)5-8-23-14-11-15(24-16(14)17(19)21)20-6-9-22-10-7-20/h1-4,11H,5-10H2,(H2,19,21). The molecule has 128 valence electrons. The second kappa shape index (κ2) is 7.63. The largest absolute Gasteiger partial charge is 0.491 e. The lowest BCUT2D eigenvalue weighted by atomic mass is 10.1. The Bertz CT molecular complexity index is 714. The molecule has 1 aliphatic heterocycles. The number of benzene rings is 1. The molecular weight excluding hydrogens is 331 g/mol. The minimum absolute atomic E-state index is 0.254. The number of ether oxygens (including phenoxy) is 2. The summed E-state index contributed by atoms with van der Waals surface area (Å²) in [4.78, 5) is 14.2. The van der Waals surface area contributed by atoms with E-state index >= 15 is 0 Å². The molecule has 1 aromatic carbocycles. The molecule has 2 heterocycles. The van der Waals surface area contributed by atoms with E-state index in [0.29, 0.717) is 35.8 Å². The van der Waals surface area contributed by atoms with E-state index < -0.39 is 5.91 Å². The maximum absolute atomic E-state index is 13.6. The molecule has 0 aliphatic carbocycles. The number of amides is 1. The van der Waals surface area contributed by atoms with Crippen molar-refractivity contribution in [1.82, 2.24) is 0 Å². The normalized spacial score (nSPS) is 14.6. The number of rotatable bonds is 6. The zero-order valence-electron chi connectivity index (χ0n) is 13.2. The molecule has 24 heavy (non-hydrogen) atoms. The Morgan fingerprint density at radius 1 is 1.33 bits per heavy atom. The Morgan fingerprint density at radius 2 is 2.08 bits per heavy atom. The van der Waals surface area contributed by atoms with Crippen LogP contribution in [0.25, 0.3) is 0 Å². The topological polar surface area (TPSA) is 64.8 Å². The number of anilines is 1. The summed E-state index contributed by atoms with van der Waals surface area (Å²) in [5.41, 5.74) is 6.04. The number of hydrogen-bond acceptors (Lipinski definition) is 5. The number of nitrogens with two attached hydrogens (primary N) is 1. The van der Waals surface area contributed by atoms with Crippen molar-refractivity contribution < 1.29 is 18.7 Å². The van der Waals surface area contributed by atoms with Gasteiger partial charge in [-0.05, 0) is 11.6 Å². The molecule has 1 aliphatic rings. The van der Waals surface area contributed by atoms with Gasteiger partial charge in [0, 0.05) is 25.6 Å². The van der Waals surface area contributed by atoms with Crippen molar-refractivity contribution in [3.8, 4) is 5.75 Å². The van der Waals surface area contributed by atoms with E-state index in [4.69, 9.17) is 15.2 Å². The van der Waals surface area contributed by atoms with Crippen LogP contribution in [0.3, 0.4) is 0 Å². The van der Waals surface area contributed by atoms with Crippen molar-refractivity contribution in [3.05, 3.63) is 46.6 Å². The van der Waals surface area contributed by atoms with Crippen molar-refractivity contribution >= 4 is 22.2 Å². The summed E-state index contributed by atoms with van der Waals surface area (Å²) >= 11 is 1.32. The fourth-order valence-electron chi connectivity index (χ4n) is 2.55. The van der Waals surface area contributed by atoms with Crippen molar-refractivity contribution in [1.29, 1.82) is 0 Å². The predicted octanol–water partition coefficient (Wildman–Crippen LogP) is 2.44. The number of nitrogens with zero attached hydrogens (tertiary/aromatic N) is 1. The lowest BCUT2D eigenvalue weighted by Gasteiger charge is -2.27. The van der Waals surface area contributed by atoms with Gasteiger partial charge < -0.3 is 20.1 Å². The van der Waals surface area contributed by atoms with E-state index in [9.17, 15) is 9.18 Å². The zero-order chi connectivity index (χ0) is 16.9. The fourth-order valence-corrected chi connectivity index (χ4v) is 3.56. The molecule has 0 radical (unpaired) electrons. The molecule has 0 bridgehead atoms. The molecular formula is C17H19FN2O3S. The van der Waals surface area contributed by atoms with E-state index in [-0.39, 0.29) is 12.4 Å². The van der Waals surface area contributed by atoms with Crippen LogP contribution in [-0.2, 0) is 11.2 Å². The van der Waals surface area contributed by atoms with Gasteiger partial charge in [0.15, 0.2) is 0 Å². The highest BCUT2D eigenvalue weighted by atomic mass is 32.1. The Labute approximate surface area is 143 Å². The number of primary amides is 1. The molecule has 0 atom stereocenters. The smallest absolute Gasteiger partial charge is 0.262 e. The van der Waals surface area contributed by atoms with Crippen LogP contribution in [0.1, 0.15) is 15.2 Å². The average molecular weight is 350 g/mol. The van der Waals surface area contributed by atoms with E-state index in [2.05, 4.69) is 4.90 Å². The molecule has 2 N–H and O–H groups in total. The first-order valence-electron chi connectivity index (χ1n) is 7.77. The molecule has 0 saturated carbocycles. The van der Waals surface area contributed by atoms with Crippen LogP contribution in [0.4, 0.5) is 9.39 Å². The quantitative estimate of drug-likeness (QED) is 0.869. The van der Waals surface area contributed by atoms with Crippen LogP contribution in [0.5, 0.6) is 5.75 Å². The molecule has 1 saturated heterocycles. The third-order valence-corrected chi connectivity index (χ3v) is 5.01. The lowest BCUT2D eigenvalue weighted by molar-refractivity contribution is 0.100. The summed E-state index contributed by atoms with van der Waals surface area (Å²) in [5, 5.41) is 0.938. The van der Waals surface area contributed by atoms with E-state index in [0.717, 1.165) is 18.1 Å². The summed E-state index contributed by atoms with van der Waals surface area (Å²) in [6, 6.07) is 8.41. The summed E-state index contributed by atoms with van der Waals surface area (Å²) < 4.78 is 24.7. The second-order valence-corrected chi connectivity index (χ2v) is 6.46. The van der Waals surface area contributed by atoms with Crippen molar-refractivity contribution in [3.63, 3.8) is 0 Å². The van der Waals surface area contributed by atoms with Gasteiger partial charge in [0.25, 0.3) is 5.91 Å². The van der Waals surface area contributed by atoms with Gasteiger partial charge in [-0.2, -0.15) is 0 Å². The number of halogens is 1. The third kappa shape index (κ3) is 3.85. The molecule has 0 spiro atoms. The number of hydrogen-bond donors (Lipinski definition) is 1. The van der Waals surface area contributed by atoms with Crippen LogP contribution in [0, 0.1) is 5.82 Å². The summed E-state index contributed by atoms with van der Waals surface area (Å²) in [6.45, 7) is 3.14. The molecule has 1 amide bonds. The van der Waals surface area contributed by atoms with Crippen LogP contribution >= 0.6 is 11.3 Å². The number of carbonyl (C=O) groups excluding carboxylic acids is 1. The Morgan fingerprint density at radius 3 is 2.79 bits per heavy atom. The number of morpholine rings is 1. The maximum atomic E-state index is 13.6. The monoisotopic (exact) mass is 350 g/mol. The van der Waals surface area contributed by atoms with Gasteiger partial charge in [0.2, 0.25) is 0 Å². The van der Waals surface area contributed by atoms with Crippen LogP contribution in [-0.4, -0.2) is 38.8 Å². The molecule has 2 aromatic rings. The predicted molar refractivity (Wildman–Crippen MR) is 91.5 cm³/mol. The molecule has 1 aromatic heterocycles. The first-order valence-corrected chi connectivity index (χ1v) is 8.59. The van der Waals surface area contributed by atoms with Crippen molar-refractivity contribution in [2.75, 3.05) is 37.8 Å². The summed E-state index contributed by atoms with van der Waals surface area (Å²) in [5.74, 6) is -0.304. The first-order chi connectivity index (χ1) is 11.6. The summed E-state index contributed by atoms with van der Waals surface area (Å²) in [7, 11) is 0. The van der Waals surface area contributed by atoms with Crippen LogP contribution in [0.2, 0.25) is 0 Å². The van der Waals surface area contributed by atoms with E-state index in [1.165, 1.54) is 17.4 Å². The van der Waals surface area contributed by atoms with Gasteiger partial charge in [-0.15, -0.1) is 11.3 Å². The van der Waals surface area contributed by atoms with Gasteiger partial charge in [0.05, 0.1) is 24.8 Å². The average Bonchev–Trinajstić information content (AvgIpc) is 3.02. The van der Waals surface area contributed by atoms with Gasteiger partial charge in [-0.1, -0.05) is 18.2 Å². The minimum Gasteiger partial charge on any atom is -0.491 e. The van der Waals surface area contributed by atoms with E-state index in [1.54, 1.807) is 18.2 Å². The zero-order valence-corrected chi connectivity index (χ0v) is 14.0. The summed E-state index contributed by atoms with van der Waals surface area (Å²) in [6.07, 6.45) is 0.424. The second-order valence-electron chi connectivity index (χ2n) is 5.43. The van der Waals surface area contributed by atoms with Crippen molar-refractivity contribution in [2.24, 2.45) is 5.73 Å². The third-order valence-electron chi connectivity index (χ3n) is 3.82. The Kier molecular flexibility index (Phi) is 5.32. The minimum atomic E-state index is -0.514. The first kappa shape index (κ1) is 16.7. The number of thiophene rings is 1. The lowest BCUT2D eigenvalue weighted by Crippen LogP contribution is -2.35.